The van der Waals surface area contributed by atoms with E-state index in [1.54, 1.807) is 24.4 Å². The van der Waals surface area contributed by atoms with Gasteiger partial charge < -0.3 is 5.73 Å². The Hall–Kier alpha value is -2.83. The van der Waals surface area contributed by atoms with Gasteiger partial charge in [0, 0.05) is 18.6 Å². The standard InChI is InChI=1S/C11H10N6O/c12-10(8-3-1-2-4-14-8)16-17-11(18)9-7-13-5-6-15-9/h1-7H,(H2,12,16)(H,17,18). The minimum Gasteiger partial charge on any atom is -0.380 e. The van der Waals surface area contributed by atoms with E-state index < -0.39 is 5.91 Å². The highest BCUT2D eigenvalue weighted by Gasteiger charge is 2.06. The van der Waals surface area contributed by atoms with Crippen molar-refractivity contribution in [2.45, 2.75) is 0 Å². The Bertz CT molecular complexity index is 554. The Morgan fingerprint density at radius 2 is 2.00 bits per heavy atom. The Kier molecular flexibility index (Phi) is 3.55. The fraction of sp³-hybridized carbons (Fsp3) is 0. The molecule has 90 valence electrons. The summed E-state index contributed by atoms with van der Waals surface area (Å²) in [5, 5.41) is 3.74. The second-order valence-electron chi connectivity index (χ2n) is 3.24. The summed E-state index contributed by atoms with van der Waals surface area (Å²) in [4.78, 5) is 23.2. The number of pyridine rings is 1. The van der Waals surface area contributed by atoms with Gasteiger partial charge in [-0.05, 0) is 12.1 Å². The molecule has 2 aromatic rings. The highest BCUT2D eigenvalue weighted by Crippen LogP contribution is 1.93. The first-order chi connectivity index (χ1) is 8.77. The molecule has 2 heterocycles. The number of hydrazone groups is 1. The maximum Gasteiger partial charge on any atom is 0.291 e. The second-order valence-corrected chi connectivity index (χ2v) is 3.24. The Balaban J connectivity index is 2.05. The molecular weight excluding hydrogens is 232 g/mol. The zero-order valence-electron chi connectivity index (χ0n) is 9.32. The fourth-order valence-corrected chi connectivity index (χ4v) is 1.16. The topological polar surface area (TPSA) is 106 Å². The minimum atomic E-state index is -0.484. The van der Waals surface area contributed by atoms with Crippen molar-refractivity contribution in [3.8, 4) is 0 Å². The smallest absolute Gasteiger partial charge is 0.291 e. The van der Waals surface area contributed by atoms with Crippen LogP contribution in [0.1, 0.15) is 16.2 Å². The number of carbonyl (C=O) groups excluding carboxylic acids is 1. The van der Waals surface area contributed by atoms with Gasteiger partial charge in [-0.15, -0.1) is 0 Å². The van der Waals surface area contributed by atoms with Crippen molar-refractivity contribution < 1.29 is 4.79 Å². The van der Waals surface area contributed by atoms with Gasteiger partial charge in [-0.1, -0.05) is 6.07 Å². The molecule has 0 aliphatic rings. The van der Waals surface area contributed by atoms with Crippen LogP contribution in [0.3, 0.4) is 0 Å². The fourth-order valence-electron chi connectivity index (χ4n) is 1.16. The summed E-state index contributed by atoms with van der Waals surface area (Å²) < 4.78 is 0. The number of nitrogens with two attached hydrogens (primary N) is 1. The molecule has 18 heavy (non-hydrogen) atoms. The molecule has 0 saturated carbocycles. The van der Waals surface area contributed by atoms with Crippen LogP contribution in [0, 0.1) is 0 Å². The highest BCUT2D eigenvalue weighted by atomic mass is 16.2. The van der Waals surface area contributed by atoms with Gasteiger partial charge >= 0.3 is 0 Å². The molecule has 7 heteroatoms. The zero-order chi connectivity index (χ0) is 12.8. The molecule has 0 saturated heterocycles. The predicted octanol–water partition coefficient (Wildman–Crippen LogP) is -0.0781. The molecule has 2 rings (SSSR count). The zero-order valence-corrected chi connectivity index (χ0v) is 9.32. The van der Waals surface area contributed by atoms with Gasteiger partial charge in [-0.2, -0.15) is 5.10 Å². The molecule has 0 bridgehead atoms. The summed E-state index contributed by atoms with van der Waals surface area (Å²) in [5.41, 5.74) is 8.58. The van der Waals surface area contributed by atoms with Crippen molar-refractivity contribution in [1.29, 1.82) is 0 Å². The minimum absolute atomic E-state index is 0.118. The van der Waals surface area contributed by atoms with Crippen molar-refractivity contribution in [2.24, 2.45) is 10.8 Å². The number of nitrogens with zero attached hydrogens (tertiary/aromatic N) is 4. The van der Waals surface area contributed by atoms with Crippen LogP contribution in [0.5, 0.6) is 0 Å². The lowest BCUT2D eigenvalue weighted by atomic mass is 10.3. The molecule has 1 amide bonds. The number of hydrogen-bond acceptors (Lipinski definition) is 5. The largest absolute Gasteiger partial charge is 0.380 e. The molecule has 0 unspecified atom stereocenters. The molecule has 7 nitrogen and oxygen atoms in total. The van der Waals surface area contributed by atoms with Gasteiger partial charge in [0.25, 0.3) is 5.91 Å². The monoisotopic (exact) mass is 242 g/mol. The molecule has 0 atom stereocenters. The second kappa shape index (κ2) is 5.48. The molecule has 0 spiro atoms. The Labute approximate surface area is 103 Å². The first-order valence-electron chi connectivity index (χ1n) is 5.08. The molecule has 0 aliphatic carbocycles. The average Bonchev–Trinajstić information content (AvgIpc) is 2.46. The van der Waals surface area contributed by atoms with E-state index in [4.69, 9.17) is 5.73 Å². The number of amides is 1. The van der Waals surface area contributed by atoms with Crippen molar-refractivity contribution >= 4 is 11.7 Å². The van der Waals surface area contributed by atoms with E-state index in [0.29, 0.717) is 5.69 Å². The van der Waals surface area contributed by atoms with Crippen molar-refractivity contribution in [3.05, 3.63) is 54.4 Å². The molecule has 0 aliphatic heterocycles. The number of carbonyl (C=O) groups is 1. The summed E-state index contributed by atoms with van der Waals surface area (Å²) in [6.07, 6.45) is 5.81. The summed E-state index contributed by atoms with van der Waals surface area (Å²) in [6, 6.07) is 5.22. The molecule has 0 radical (unpaired) electrons. The van der Waals surface area contributed by atoms with Gasteiger partial charge in [-0.3, -0.25) is 14.8 Å². The summed E-state index contributed by atoms with van der Waals surface area (Å²) in [6.45, 7) is 0. The van der Waals surface area contributed by atoms with E-state index in [2.05, 4.69) is 25.5 Å². The lowest BCUT2D eigenvalue weighted by molar-refractivity contribution is 0.0949. The lowest BCUT2D eigenvalue weighted by Gasteiger charge is -2.00. The average molecular weight is 242 g/mol. The molecule has 3 N–H and O–H groups in total. The molecule has 0 aromatic carbocycles. The maximum atomic E-state index is 11.6. The Morgan fingerprint density at radius 3 is 2.67 bits per heavy atom. The molecule has 0 fully saturated rings. The van der Waals surface area contributed by atoms with E-state index in [0.717, 1.165) is 0 Å². The van der Waals surface area contributed by atoms with Crippen molar-refractivity contribution in [1.82, 2.24) is 20.4 Å². The van der Waals surface area contributed by atoms with Crippen LogP contribution < -0.4 is 11.2 Å². The van der Waals surface area contributed by atoms with E-state index in [9.17, 15) is 4.79 Å². The highest BCUT2D eigenvalue weighted by molar-refractivity contribution is 5.98. The normalized spacial score (nSPS) is 11.0. The summed E-state index contributed by atoms with van der Waals surface area (Å²) >= 11 is 0. The lowest BCUT2D eigenvalue weighted by Crippen LogP contribution is -2.25. The molecule has 2 aromatic heterocycles. The van der Waals surface area contributed by atoms with Crippen LogP contribution in [0.25, 0.3) is 0 Å². The SMILES string of the molecule is N/C(=N\NC(=O)c1cnccn1)c1ccccn1. The van der Waals surface area contributed by atoms with Crippen LogP contribution in [0.2, 0.25) is 0 Å². The van der Waals surface area contributed by atoms with E-state index in [1.807, 2.05) is 0 Å². The van der Waals surface area contributed by atoms with Crippen LogP contribution in [0.15, 0.2) is 48.1 Å². The predicted molar refractivity (Wildman–Crippen MR) is 64.5 cm³/mol. The van der Waals surface area contributed by atoms with Gasteiger partial charge in [0.05, 0.1) is 6.20 Å². The van der Waals surface area contributed by atoms with Crippen molar-refractivity contribution in [3.63, 3.8) is 0 Å². The van der Waals surface area contributed by atoms with Gasteiger partial charge in [0.2, 0.25) is 0 Å². The van der Waals surface area contributed by atoms with E-state index >= 15 is 0 Å². The summed E-state index contributed by atoms with van der Waals surface area (Å²) in [7, 11) is 0. The van der Waals surface area contributed by atoms with Crippen LogP contribution in [0.4, 0.5) is 0 Å². The van der Waals surface area contributed by atoms with Gasteiger partial charge in [0.15, 0.2) is 5.84 Å². The first-order valence-corrected chi connectivity index (χ1v) is 5.08. The van der Waals surface area contributed by atoms with Crippen LogP contribution >= 0.6 is 0 Å². The molecular formula is C11H10N6O. The number of rotatable bonds is 3. The van der Waals surface area contributed by atoms with Gasteiger partial charge in [-0.25, -0.2) is 10.4 Å². The van der Waals surface area contributed by atoms with Crippen LogP contribution in [-0.4, -0.2) is 26.7 Å². The van der Waals surface area contributed by atoms with Gasteiger partial charge in [0.1, 0.15) is 11.4 Å². The third-order valence-corrected chi connectivity index (χ3v) is 2.00. The third-order valence-electron chi connectivity index (χ3n) is 2.00. The quantitative estimate of drug-likeness (QED) is 0.445. The number of nitrogens with one attached hydrogen (secondary N) is 1. The van der Waals surface area contributed by atoms with Crippen LogP contribution in [-0.2, 0) is 0 Å². The van der Waals surface area contributed by atoms with E-state index in [1.165, 1.54) is 18.6 Å². The maximum absolute atomic E-state index is 11.6. The number of aromatic nitrogens is 3. The Morgan fingerprint density at radius 1 is 1.17 bits per heavy atom. The van der Waals surface area contributed by atoms with Crippen molar-refractivity contribution in [2.75, 3.05) is 0 Å². The first kappa shape index (κ1) is 11.6. The third kappa shape index (κ3) is 2.85. The van der Waals surface area contributed by atoms with E-state index in [-0.39, 0.29) is 11.5 Å². The number of hydrogen-bond donors (Lipinski definition) is 2. The summed E-state index contributed by atoms with van der Waals surface area (Å²) in [5.74, 6) is -0.366. The number of amidine groups is 1.